The van der Waals surface area contributed by atoms with Gasteiger partial charge in [-0.25, -0.2) is 4.79 Å². The van der Waals surface area contributed by atoms with Crippen molar-refractivity contribution in [2.75, 3.05) is 19.6 Å². The summed E-state index contributed by atoms with van der Waals surface area (Å²) < 4.78 is 5.58. The topological polar surface area (TPSA) is 99.1 Å². The minimum absolute atomic E-state index is 0.0300. The van der Waals surface area contributed by atoms with Crippen molar-refractivity contribution in [3.8, 4) is 11.5 Å². The first-order chi connectivity index (χ1) is 15.0. The number of hydrogen-bond donors (Lipinski definition) is 3. The van der Waals surface area contributed by atoms with E-state index in [1.165, 1.54) is 0 Å². The van der Waals surface area contributed by atoms with Crippen LogP contribution in [-0.4, -0.2) is 52.3 Å². The Balaban J connectivity index is 2.11. The van der Waals surface area contributed by atoms with Gasteiger partial charge in [0.15, 0.2) is 0 Å². The average Bonchev–Trinajstić information content (AvgIpc) is 2.88. The van der Waals surface area contributed by atoms with Gasteiger partial charge in [0.1, 0.15) is 17.1 Å². The number of ether oxygens (including phenoxy) is 1. The van der Waals surface area contributed by atoms with E-state index in [2.05, 4.69) is 5.32 Å². The molecule has 172 valence electrons. The van der Waals surface area contributed by atoms with Crippen LogP contribution in [0.4, 0.5) is 4.79 Å². The monoisotopic (exact) mass is 460 g/mol. The molecule has 3 rings (SSSR count). The summed E-state index contributed by atoms with van der Waals surface area (Å²) in [5.74, 6) is -0.882. The van der Waals surface area contributed by atoms with E-state index in [0.29, 0.717) is 31.6 Å². The minimum Gasteiger partial charge on any atom is -0.508 e. The van der Waals surface area contributed by atoms with Crippen LogP contribution in [0, 0.1) is 0 Å². The Morgan fingerprint density at radius 3 is 2.47 bits per heavy atom. The zero-order valence-corrected chi connectivity index (χ0v) is 19.5. The van der Waals surface area contributed by atoms with E-state index in [1.807, 2.05) is 20.8 Å². The normalized spacial score (nSPS) is 16.2. The lowest BCUT2D eigenvalue weighted by Gasteiger charge is -2.29. The van der Waals surface area contributed by atoms with E-state index < -0.39 is 17.6 Å². The third-order valence-electron chi connectivity index (χ3n) is 5.30. The van der Waals surface area contributed by atoms with Gasteiger partial charge in [-0.05, 0) is 69.0 Å². The molecule has 0 saturated heterocycles. The van der Waals surface area contributed by atoms with Crippen molar-refractivity contribution >= 4 is 23.6 Å². The molecule has 0 fully saturated rings. The fourth-order valence-corrected chi connectivity index (χ4v) is 4.25. The van der Waals surface area contributed by atoms with Crippen molar-refractivity contribution in [3.05, 3.63) is 57.6 Å². The molecule has 3 N–H and O–H groups in total. The fraction of sp³-hybridized carbons (Fsp3) is 0.417. The van der Waals surface area contributed by atoms with E-state index in [9.17, 15) is 19.8 Å². The number of benzene rings is 2. The van der Waals surface area contributed by atoms with Crippen molar-refractivity contribution in [2.45, 2.75) is 45.6 Å². The SMILES string of the molecule is CCNC(=O)c1c(O)cc2c(c1Cl)CCN(C(=O)OC(C)(C)C)C[C@@H]2c1ccc(O)cc1. The first kappa shape index (κ1) is 23.7. The molecule has 2 aromatic rings. The van der Waals surface area contributed by atoms with Crippen LogP contribution < -0.4 is 5.32 Å². The molecule has 1 aliphatic heterocycles. The smallest absolute Gasteiger partial charge is 0.410 e. The summed E-state index contributed by atoms with van der Waals surface area (Å²) in [4.78, 5) is 27.0. The van der Waals surface area contributed by atoms with Crippen LogP contribution in [0.2, 0.25) is 5.02 Å². The number of rotatable bonds is 3. The molecular formula is C24H29ClN2O5. The standard InChI is InChI=1S/C24H29ClN2O5/c1-5-26-22(30)20-19(29)12-17-16(21(20)25)10-11-27(23(31)32-24(2,3)4)13-18(17)14-6-8-15(28)9-7-14/h6-9,12,18,28-29H,5,10-11,13H2,1-4H3,(H,26,30)/t18-/m1/s1. The summed E-state index contributed by atoms with van der Waals surface area (Å²) in [5.41, 5.74) is 1.65. The van der Waals surface area contributed by atoms with Gasteiger partial charge in [0.25, 0.3) is 5.91 Å². The highest BCUT2D eigenvalue weighted by atomic mass is 35.5. The molecule has 32 heavy (non-hydrogen) atoms. The van der Waals surface area contributed by atoms with E-state index in [4.69, 9.17) is 16.3 Å². The maximum atomic E-state index is 12.9. The Morgan fingerprint density at radius 1 is 1.22 bits per heavy atom. The Kier molecular flexibility index (Phi) is 6.88. The van der Waals surface area contributed by atoms with E-state index in [0.717, 1.165) is 11.1 Å². The second-order valence-electron chi connectivity index (χ2n) is 8.83. The molecule has 0 bridgehead atoms. The van der Waals surface area contributed by atoms with Gasteiger partial charge in [0.2, 0.25) is 0 Å². The van der Waals surface area contributed by atoms with Gasteiger partial charge in [-0.2, -0.15) is 0 Å². The molecule has 0 aliphatic carbocycles. The number of hydrogen-bond acceptors (Lipinski definition) is 5. The number of carbonyl (C=O) groups is 2. The largest absolute Gasteiger partial charge is 0.508 e. The van der Waals surface area contributed by atoms with Crippen molar-refractivity contribution in [1.82, 2.24) is 10.2 Å². The number of carbonyl (C=O) groups excluding carboxylic acids is 2. The fourth-order valence-electron chi connectivity index (χ4n) is 3.87. The molecule has 0 spiro atoms. The van der Waals surface area contributed by atoms with Gasteiger partial charge in [0, 0.05) is 25.6 Å². The Labute approximate surface area is 192 Å². The highest BCUT2D eigenvalue weighted by molar-refractivity contribution is 6.35. The molecule has 1 heterocycles. The van der Waals surface area contributed by atoms with Gasteiger partial charge < -0.3 is 25.2 Å². The van der Waals surface area contributed by atoms with E-state index in [-0.39, 0.29) is 28.0 Å². The lowest BCUT2D eigenvalue weighted by molar-refractivity contribution is 0.0251. The molecule has 1 aliphatic rings. The number of aromatic hydroxyl groups is 2. The van der Waals surface area contributed by atoms with Crippen molar-refractivity contribution in [1.29, 1.82) is 0 Å². The first-order valence-electron chi connectivity index (χ1n) is 10.6. The number of phenols is 2. The molecule has 0 saturated carbocycles. The molecule has 2 amide bonds. The van der Waals surface area contributed by atoms with Crippen molar-refractivity contribution in [2.24, 2.45) is 0 Å². The molecule has 0 radical (unpaired) electrons. The summed E-state index contributed by atoms with van der Waals surface area (Å²) >= 11 is 6.65. The zero-order valence-electron chi connectivity index (χ0n) is 18.7. The van der Waals surface area contributed by atoms with Crippen LogP contribution in [0.1, 0.15) is 60.7 Å². The molecule has 2 aromatic carbocycles. The quantitative estimate of drug-likeness (QED) is 0.629. The molecule has 0 aromatic heterocycles. The third kappa shape index (κ3) is 5.10. The maximum absolute atomic E-state index is 12.9. The van der Waals surface area contributed by atoms with Crippen LogP contribution >= 0.6 is 11.6 Å². The summed E-state index contributed by atoms with van der Waals surface area (Å²) in [6.07, 6.45) is -0.0484. The van der Waals surface area contributed by atoms with Gasteiger partial charge >= 0.3 is 6.09 Å². The second-order valence-corrected chi connectivity index (χ2v) is 9.21. The zero-order chi connectivity index (χ0) is 23.6. The molecule has 0 unspecified atom stereocenters. The average molecular weight is 461 g/mol. The van der Waals surface area contributed by atoms with Gasteiger partial charge in [-0.1, -0.05) is 23.7 Å². The first-order valence-corrected chi connectivity index (χ1v) is 11.0. The number of fused-ring (bicyclic) bond motifs is 1. The third-order valence-corrected chi connectivity index (χ3v) is 5.72. The lowest BCUT2D eigenvalue weighted by atomic mass is 9.86. The van der Waals surface area contributed by atoms with Crippen molar-refractivity contribution < 1.29 is 24.5 Å². The summed E-state index contributed by atoms with van der Waals surface area (Å²) in [6, 6.07) is 8.24. The van der Waals surface area contributed by atoms with Gasteiger partial charge in [0.05, 0.1) is 10.6 Å². The van der Waals surface area contributed by atoms with Crippen LogP contribution in [0.15, 0.2) is 30.3 Å². The summed E-state index contributed by atoms with van der Waals surface area (Å²) in [6.45, 7) is 8.24. The number of halogens is 1. The molecule has 8 heteroatoms. The van der Waals surface area contributed by atoms with Crippen LogP contribution in [-0.2, 0) is 11.2 Å². The Hall–Kier alpha value is -2.93. The molecular weight excluding hydrogens is 432 g/mol. The highest BCUT2D eigenvalue weighted by Crippen LogP contribution is 2.40. The van der Waals surface area contributed by atoms with Gasteiger partial charge in [-0.15, -0.1) is 0 Å². The highest BCUT2D eigenvalue weighted by Gasteiger charge is 2.33. The van der Waals surface area contributed by atoms with Crippen LogP contribution in [0.3, 0.4) is 0 Å². The predicted octanol–water partition coefficient (Wildman–Crippen LogP) is 4.43. The van der Waals surface area contributed by atoms with Crippen LogP contribution in [0.25, 0.3) is 0 Å². The van der Waals surface area contributed by atoms with Crippen molar-refractivity contribution in [3.63, 3.8) is 0 Å². The summed E-state index contributed by atoms with van der Waals surface area (Å²) in [7, 11) is 0. The van der Waals surface area contributed by atoms with E-state index >= 15 is 0 Å². The number of nitrogens with one attached hydrogen (secondary N) is 1. The molecule has 1 atom stereocenters. The Bertz CT molecular complexity index is 1010. The Morgan fingerprint density at radius 2 is 1.88 bits per heavy atom. The van der Waals surface area contributed by atoms with Crippen LogP contribution in [0.5, 0.6) is 11.5 Å². The lowest BCUT2D eigenvalue weighted by Crippen LogP contribution is -2.39. The van der Waals surface area contributed by atoms with E-state index in [1.54, 1.807) is 42.2 Å². The predicted molar refractivity (Wildman–Crippen MR) is 123 cm³/mol. The second kappa shape index (κ2) is 9.28. The van der Waals surface area contributed by atoms with Gasteiger partial charge in [-0.3, -0.25) is 4.79 Å². The number of amides is 2. The number of nitrogens with zero attached hydrogens (tertiary/aromatic N) is 1. The summed E-state index contributed by atoms with van der Waals surface area (Å²) in [5, 5.41) is 23.3. The number of phenolic OH excluding ortho intramolecular Hbond substituents is 2. The molecule has 7 nitrogen and oxygen atoms in total. The minimum atomic E-state index is -0.647. The maximum Gasteiger partial charge on any atom is 0.410 e.